The molecule has 3 aromatic rings. The molecule has 0 radical (unpaired) electrons. The highest BCUT2D eigenvalue weighted by molar-refractivity contribution is 7.07. The molecule has 2 aromatic heterocycles. The molecule has 0 spiro atoms. The van der Waals surface area contributed by atoms with Gasteiger partial charge in [0.1, 0.15) is 5.82 Å². The van der Waals surface area contributed by atoms with Gasteiger partial charge in [0.05, 0.1) is 12.7 Å². The second-order valence-electron chi connectivity index (χ2n) is 5.72. The van der Waals surface area contributed by atoms with Gasteiger partial charge >= 0.3 is 0 Å². The Morgan fingerprint density at radius 3 is 2.62 bits per heavy atom. The van der Waals surface area contributed by atoms with Crippen LogP contribution in [0, 0.1) is 0 Å². The molecule has 1 N–H and O–H groups in total. The molecule has 0 bridgehead atoms. The molecule has 2 heterocycles. The van der Waals surface area contributed by atoms with Crippen LogP contribution in [-0.4, -0.2) is 15.7 Å². The van der Waals surface area contributed by atoms with E-state index in [0.29, 0.717) is 13.0 Å². The highest BCUT2D eigenvalue weighted by Gasteiger charge is 2.08. The fourth-order valence-electron chi connectivity index (χ4n) is 2.52. The van der Waals surface area contributed by atoms with E-state index < -0.39 is 0 Å². The van der Waals surface area contributed by atoms with Gasteiger partial charge in [0.15, 0.2) is 0 Å². The smallest absolute Gasteiger partial charge is 0.225 e. The van der Waals surface area contributed by atoms with E-state index in [2.05, 4.69) is 53.1 Å². The number of carbonyl (C=O) groups excluding carboxylic acids is 1. The molecule has 4 nitrogen and oxygen atoms in total. The van der Waals surface area contributed by atoms with Gasteiger partial charge in [0.2, 0.25) is 5.91 Å². The summed E-state index contributed by atoms with van der Waals surface area (Å²) in [7, 11) is 0. The third-order valence-electron chi connectivity index (χ3n) is 3.97. The van der Waals surface area contributed by atoms with Gasteiger partial charge in [-0.1, -0.05) is 31.2 Å². The summed E-state index contributed by atoms with van der Waals surface area (Å²) in [5.41, 5.74) is 3.70. The molecule has 1 amide bonds. The number of amides is 1. The lowest BCUT2D eigenvalue weighted by Crippen LogP contribution is -2.16. The molecule has 0 aliphatic rings. The number of nitrogens with zero attached hydrogens (tertiary/aromatic N) is 2. The normalized spacial score (nSPS) is 10.7. The summed E-state index contributed by atoms with van der Waals surface area (Å²) < 4.78 is 1.82. The van der Waals surface area contributed by atoms with Crippen LogP contribution in [0.1, 0.15) is 30.0 Å². The summed E-state index contributed by atoms with van der Waals surface area (Å²) in [6.07, 6.45) is 4.00. The van der Waals surface area contributed by atoms with E-state index >= 15 is 0 Å². The number of benzene rings is 1. The molecule has 0 aliphatic carbocycles. The van der Waals surface area contributed by atoms with E-state index in [0.717, 1.165) is 18.7 Å². The SMILES string of the molecule is CCc1ccc(Cn2nccc2NC(=O)CCc2ccsc2)cc1. The first-order valence-electron chi connectivity index (χ1n) is 8.15. The predicted molar refractivity (Wildman–Crippen MR) is 98.4 cm³/mol. The van der Waals surface area contributed by atoms with Crippen LogP contribution in [0.15, 0.2) is 53.4 Å². The van der Waals surface area contributed by atoms with Crippen LogP contribution in [0.25, 0.3) is 0 Å². The average molecular weight is 339 g/mol. The zero-order chi connectivity index (χ0) is 16.8. The Kier molecular flexibility index (Phi) is 5.43. The summed E-state index contributed by atoms with van der Waals surface area (Å²) in [5.74, 6) is 0.758. The van der Waals surface area contributed by atoms with Crippen LogP contribution >= 0.6 is 11.3 Å². The van der Waals surface area contributed by atoms with E-state index in [1.54, 1.807) is 17.5 Å². The van der Waals surface area contributed by atoms with E-state index in [1.165, 1.54) is 16.7 Å². The van der Waals surface area contributed by atoms with Crippen molar-refractivity contribution in [2.75, 3.05) is 5.32 Å². The molecule has 1 aromatic carbocycles. The minimum atomic E-state index is 0.0179. The quantitative estimate of drug-likeness (QED) is 0.703. The van der Waals surface area contributed by atoms with Gasteiger partial charge in [-0.15, -0.1) is 0 Å². The first kappa shape index (κ1) is 16.5. The van der Waals surface area contributed by atoms with Gasteiger partial charge in [0.25, 0.3) is 0 Å². The Bertz CT molecular complexity index is 775. The van der Waals surface area contributed by atoms with E-state index in [9.17, 15) is 4.79 Å². The maximum atomic E-state index is 12.1. The highest BCUT2D eigenvalue weighted by Crippen LogP contribution is 2.13. The molecule has 0 unspecified atom stereocenters. The fraction of sp³-hybridized carbons (Fsp3) is 0.263. The molecular formula is C19H21N3OS. The lowest BCUT2D eigenvalue weighted by Gasteiger charge is -2.09. The molecule has 0 aliphatic heterocycles. The van der Waals surface area contributed by atoms with E-state index in [1.807, 2.05) is 16.1 Å². The summed E-state index contributed by atoms with van der Waals surface area (Å²) in [5, 5.41) is 11.4. The van der Waals surface area contributed by atoms with Crippen molar-refractivity contribution >= 4 is 23.1 Å². The van der Waals surface area contributed by atoms with E-state index in [4.69, 9.17) is 0 Å². The monoisotopic (exact) mass is 339 g/mol. The Morgan fingerprint density at radius 1 is 1.12 bits per heavy atom. The van der Waals surface area contributed by atoms with Crippen molar-refractivity contribution in [2.24, 2.45) is 0 Å². The van der Waals surface area contributed by atoms with Gasteiger partial charge in [0, 0.05) is 12.5 Å². The number of rotatable bonds is 7. The number of carbonyl (C=O) groups is 1. The van der Waals surface area contributed by atoms with Crippen LogP contribution in [-0.2, 0) is 24.2 Å². The molecule has 3 rings (SSSR count). The average Bonchev–Trinajstić information content (AvgIpc) is 3.26. The van der Waals surface area contributed by atoms with Crippen LogP contribution < -0.4 is 5.32 Å². The minimum Gasteiger partial charge on any atom is -0.311 e. The van der Waals surface area contributed by atoms with Crippen LogP contribution in [0.2, 0.25) is 0 Å². The number of hydrogen-bond donors (Lipinski definition) is 1. The zero-order valence-electron chi connectivity index (χ0n) is 13.7. The van der Waals surface area contributed by atoms with Crippen molar-refractivity contribution in [3.8, 4) is 0 Å². The van der Waals surface area contributed by atoms with Crippen molar-refractivity contribution in [3.63, 3.8) is 0 Å². The van der Waals surface area contributed by atoms with Gasteiger partial charge in [-0.3, -0.25) is 4.79 Å². The highest BCUT2D eigenvalue weighted by atomic mass is 32.1. The minimum absolute atomic E-state index is 0.0179. The molecule has 0 saturated carbocycles. The lowest BCUT2D eigenvalue weighted by atomic mass is 10.1. The Morgan fingerprint density at radius 2 is 1.92 bits per heavy atom. The number of aromatic nitrogens is 2. The summed E-state index contributed by atoms with van der Waals surface area (Å²) >= 11 is 1.66. The number of nitrogens with one attached hydrogen (secondary N) is 1. The number of aryl methyl sites for hydroxylation is 2. The van der Waals surface area contributed by atoms with Gasteiger partial charge in [-0.25, -0.2) is 4.68 Å². The second-order valence-corrected chi connectivity index (χ2v) is 6.50. The molecular weight excluding hydrogens is 318 g/mol. The van der Waals surface area contributed by atoms with Crippen molar-refractivity contribution in [1.29, 1.82) is 0 Å². The third-order valence-corrected chi connectivity index (χ3v) is 4.70. The fourth-order valence-corrected chi connectivity index (χ4v) is 3.22. The predicted octanol–water partition coefficient (Wildman–Crippen LogP) is 4.13. The first-order chi connectivity index (χ1) is 11.7. The number of thiophene rings is 1. The number of hydrogen-bond acceptors (Lipinski definition) is 3. The van der Waals surface area contributed by atoms with Crippen LogP contribution in [0.4, 0.5) is 5.82 Å². The zero-order valence-corrected chi connectivity index (χ0v) is 14.6. The molecule has 5 heteroatoms. The summed E-state index contributed by atoms with van der Waals surface area (Å²) in [6.45, 7) is 2.80. The number of anilines is 1. The second kappa shape index (κ2) is 7.93. The maximum absolute atomic E-state index is 12.1. The standard InChI is InChI=1S/C19H21N3OS/c1-2-15-3-5-16(6-4-15)13-22-18(9-11-20-22)21-19(23)8-7-17-10-12-24-14-17/h3-6,9-12,14H,2,7-8,13H2,1H3,(H,21,23). The van der Waals surface area contributed by atoms with Gasteiger partial charge in [-0.2, -0.15) is 16.4 Å². The summed E-state index contributed by atoms with van der Waals surface area (Å²) in [6, 6.07) is 12.4. The van der Waals surface area contributed by atoms with Crippen molar-refractivity contribution in [3.05, 3.63) is 70.0 Å². The first-order valence-corrected chi connectivity index (χ1v) is 9.09. The van der Waals surface area contributed by atoms with Crippen molar-refractivity contribution in [1.82, 2.24) is 9.78 Å². The van der Waals surface area contributed by atoms with Crippen molar-refractivity contribution < 1.29 is 4.79 Å². The van der Waals surface area contributed by atoms with E-state index in [-0.39, 0.29) is 5.91 Å². The van der Waals surface area contributed by atoms with Crippen LogP contribution in [0.3, 0.4) is 0 Å². The Hall–Kier alpha value is -2.40. The Balaban J connectivity index is 1.58. The van der Waals surface area contributed by atoms with Gasteiger partial charge < -0.3 is 5.32 Å². The maximum Gasteiger partial charge on any atom is 0.225 e. The largest absolute Gasteiger partial charge is 0.311 e. The Labute approximate surface area is 146 Å². The lowest BCUT2D eigenvalue weighted by molar-refractivity contribution is -0.116. The molecule has 0 saturated heterocycles. The topological polar surface area (TPSA) is 46.9 Å². The third kappa shape index (κ3) is 4.32. The molecule has 24 heavy (non-hydrogen) atoms. The summed E-state index contributed by atoms with van der Waals surface area (Å²) in [4.78, 5) is 12.1. The van der Waals surface area contributed by atoms with Crippen molar-refractivity contribution in [2.45, 2.75) is 32.7 Å². The van der Waals surface area contributed by atoms with Crippen LogP contribution in [0.5, 0.6) is 0 Å². The molecule has 0 fully saturated rings. The van der Waals surface area contributed by atoms with Gasteiger partial charge in [-0.05, 0) is 46.4 Å². The molecule has 0 atom stereocenters. The molecule has 124 valence electrons.